The van der Waals surface area contributed by atoms with E-state index < -0.39 is 10.0 Å². The first-order chi connectivity index (χ1) is 8.89. The Hall–Kier alpha value is -1.60. The number of phenols is 1. The topological polar surface area (TPSA) is 86.7 Å². The molecule has 1 amide bonds. The molecule has 0 spiro atoms. The molecule has 0 bridgehead atoms. The molecule has 0 unspecified atom stereocenters. The number of hydrogen-bond donors (Lipinski definition) is 2. The fourth-order valence-corrected chi connectivity index (χ4v) is 2.66. The molecule has 0 saturated carbocycles. The molecule has 0 fully saturated rings. The Morgan fingerprint density at radius 2 is 2.00 bits per heavy atom. The van der Waals surface area contributed by atoms with Crippen LogP contribution < -0.4 is 5.32 Å². The highest BCUT2D eigenvalue weighted by atomic mass is 32.2. The van der Waals surface area contributed by atoms with Gasteiger partial charge in [-0.1, -0.05) is 19.1 Å². The number of benzene rings is 1. The van der Waals surface area contributed by atoms with Gasteiger partial charge in [0.2, 0.25) is 15.9 Å². The van der Waals surface area contributed by atoms with Crippen molar-refractivity contribution in [1.82, 2.24) is 9.62 Å². The third kappa shape index (κ3) is 3.93. The minimum absolute atomic E-state index is 0.208. The van der Waals surface area contributed by atoms with Gasteiger partial charge < -0.3 is 10.4 Å². The van der Waals surface area contributed by atoms with E-state index in [1.807, 2.05) is 6.92 Å². The van der Waals surface area contributed by atoms with Crippen molar-refractivity contribution in [3.63, 3.8) is 0 Å². The van der Waals surface area contributed by atoms with Crippen LogP contribution in [-0.2, 0) is 14.8 Å². The van der Waals surface area contributed by atoms with Crippen LogP contribution in [0, 0.1) is 0 Å². The third-order valence-corrected chi connectivity index (χ3v) is 4.34. The molecule has 2 N–H and O–H groups in total. The van der Waals surface area contributed by atoms with Crippen LogP contribution in [0.4, 0.5) is 0 Å². The number of amides is 1. The van der Waals surface area contributed by atoms with E-state index in [4.69, 9.17) is 0 Å². The van der Waals surface area contributed by atoms with Gasteiger partial charge in [-0.05, 0) is 18.6 Å². The second-order valence-electron chi connectivity index (χ2n) is 4.08. The molecule has 0 heterocycles. The Morgan fingerprint density at radius 1 is 1.37 bits per heavy atom. The van der Waals surface area contributed by atoms with E-state index in [9.17, 15) is 18.3 Å². The SMILES string of the molecule is CCCNC(=O)CN(C)S(=O)(=O)c1ccccc1O. The zero-order valence-corrected chi connectivity index (χ0v) is 11.8. The molecule has 0 aromatic heterocycles. The quantitative estimate of drug-likeness (QED) is 0.799. The normalized spacial score (nSPS) is 11.5. The molecule has 0 aliphatic rings. The van der Waals surface area contributed by atoms with Crippen LogP contribution >= 0.6 is 0 Å². The molecule has 0 atom stereocenters. The van der Waals surface area contributed by atoms with Gasteiger partial charge in [0, 0.05) is 13.6 Å². The summed E-state index contributed by atoms with van der Waals surface area (Å²) >= 11 is 0. The van der Waals surface area contributed by atoms with Crippen LogP contribution in [0.3, 0.4) is 0 Å². The molecule has 106 valence electrons. The van der Waals surface area contributed by atoms with Crippen molar-refractivity contribution >= 4 is 15.9 Å². The lowest BCUT2D eigenvalue weighted by Gasteiger charge is -2.17. The Morgan fingerprint density at radius 3 is 2.58 bits per heavy atom. The molecule has 0 saturated heterocycles. The van der Waals surface area contributed by atoms with Crippen molar-refractivity contribution in [2.45, 2.75) is 18.2 Å². The number of aromatic hydroxyl groups is 1. The second-order valence-corrected chi connectivity index (χ2v) is 6.09. The summed E-state index contributed by atoms with van der Waals surface area (Å²) in [7, 11) is -2.57. The average Bonchev–Trinajstić information content (AvgIpc) is 2.36. The monoisotopic (exact) mass is 286 g/mol. The Labute approximate surface area is 113 Å². The van der Waals surface area contributed by atoms with Gasteiger partial charge in [-0.15, -0.1) is 0 Å². The van der Waals surface area contributed by atoms with E-state index in [2.05, 4.69) is 5.32 Å². The predicted molar refractivity (Wildman–Crippen MR) is 71.2 cm³/mol. The highest BCUT2D eigenvalue weighted by Gasteiger charge is 2.25. The van der Waals surface area contributed by atoms with Crippen LogP contribution in [0.15, 0.2) is 29.2 Å². The largest absolute Gasteiger partial charge is 0.507 e. The fourth-order valence-electron chi connectivity index (χ4n) is 1.45. The number of rotatable bonds is 6. The molecule has 0 aliphatic carbocycles. The van der Waals surface area contributed by atoms with Crippen molar-refractivity contribution in [2.75, 3.05) is 20.1 Å². The van der Waals surface area contributed by atoms with Crippen LogP contribution in [-0.4, -0.2) is 43.9 Å². The van der Waals surface area contributed by atoms with Gasteiger partial charge in [0.25, 0.3) is 0 Å². The minimum atomic E-state index is -3.87. The number of carbonyl (C=O) groups is 1. The molecule has 1 rings (SSSR count). The summed E-state index contributed by atoms with van der Waals surface area (Å²) in [6.07, 6.45) is 0.779. The summed E-state index contributed by atoms with van der Waals surface area (Å²) in [5, 5.41) is 12.2. The van der Waals surface area contributed by atoms with Crippen LogP contribution in [0.1, 0.15) is 13.3 Å². The molecule has 7 heteroatoms. The fraction of sp³-hybridized carbons (Fsp3) is 0.417. The third-order valence-electron chi connectivity index (χ3n) is 2.49. The van der Waals surface area contributed by atoms with Gasteiger partial charge in [0.05, 0.1) is 6.54 Å². The maximum atomic E-state index is 12.1. The first-order valence-electron chi connectivity index (χ1n) is 5.90. The van der Waals surface area contributed by atoms with E-state index in [1.165, 1.54) is 31.3 Å². The Balaban J connectivity index is 2.84. The maximum Gasteiger partial charge on any atom is 0.246 e. The summed E-state index contributed by atoms with van der Waals surface area (Å²) in [4.78, 5) is 11.3. The number of nitrogens with zero attached hydrogens (tertiary/aromatic N) is 1. The zero-order valence-electron chi connectivity index (χ0n) is 11.0. The summed E-state index contributed by atoms with van der Waals surface area (Å²) in [5.41, 5.74) is 0. The average molecular weight is 286 g/mol. The first-order valence-corrected chi connectivity index (χ1v) is 7.34. The van der Waals surface area contributed by atoms with Gasteiger partial charge in [-0.2, -0.15) is 4.31 Å². The highest BCUT2D eigenvalue weighted by Crippen LogP contribution is 2.23. The number of likely N-dealkylation sites (N-methyl/N-ethyl adjacent to an activating group) is 1. The van der Waals surface area contributed by atoms with Gasteiger partial charge in [0.1, 0.15) is 10.6 Å². The van der Waals surface area contributed by atoms with Crippen molar-refractivity contribution in [3.05, 3.63) is 24.3 Å². The highest BCUT2D eigenvalue weighted by molar-refractivity contribution is 7.89. The van der Waals surface area contributed by atoms with Crippen molar-refractivity contribution in [3.8, 4) is 5.75 Å². The number of carbonyl (C=O) groups excluding carboxylic acids is 1. The molecule has 6 nitrogen and oxygen atoms in total. The van der Waals surface area contributed by atoms with E-state index in [0.717, 1.165) is 10.7 Å². The second kappa shape index (κ2) is 6.53. The van der Waals surface area contributed by atoms with Crippen LogP contribution in [0.5, 0.6) is 5.75 Å². The Bertz CT molecular complexity index is 542. The molecule has 19 heavy (non-hydrogen) atoms. The summed E-state index contributed by atoms with van der Waals surface area (Å²) < 4.78 is 25.2. The lowest BCUT2D eigenvalue weighted by Crippen LogP contribution is -2.38. The smallest absolute Gasteiger partial charge is 0.246 e. The summed E-state index contributed by atoms with van der Waals surface area (Å²) in [5.74, 6) is -0.702. The number of sulfonamides is 1. The predicted octanol–water partition coefficient (Wildman–Crippen LogP) is 0.539. The molecular weight excluding hydrogens is 268 g/mol. The van der Waals surface area contributed by atoms with Crippen molar-refractivity contribution in [1.29, 1.82) is 0 Å². The summed E-state index contributed by atoms with van der Waals surface area (Å²) in [6.45, 7) is 2.13. The summed E-state index contributed by atoms with van der Waals surface area (Å²) in [6, 6.07) is 5.63. The molecule has 0 radical (unpaired) electrons. The minimum Gasteiger partial charge on any atom is -0.507 e. The number of para-hydroxylation sites is 1. The zero-order chi connectivity index (χ0) is 14.5. The Kier molecular flexibility index (Phi) is 5.31. The van der Waals surface area contributed by atoms with Crippen LogP contribution in [0.25, 0.3) is 0 Å². The van der Waals surface area contributed by atoms with Gasteiger partial charge >= 0.3 is 0 Å². The standard InChI is InChI=1S/C12H18N2O4S/c1-3-8-13-12(16)9-14(2)19(17,18)11-7-5-4-6-10(11)15/h4-7,15H,3,8-9H2,1-2H3,(H,13,16). The molecule has 1 aromatic carbocycles. The molecule has 1 aromatic rings. The molecular formula is C12H18N2O4S. The van der Waals surface area contributed by atoms with Gasteiger partial charge in [-0.3, -0.25) is 4.79 Å². The molecule has 0 aliphatic heterocycles. The van der Waals surface area contributed by atoms with E-state index in [0.29, 0.717) is 6.54 Å². The first kappa shape index (κ1) is 15.5. The van der Waals surface area contributed by atoms with E-state index in [1.54, 1.807) is 0 Å². The van der Waals surface area contributed by atoms with Crippen LogP contribution in [0.2, 0.25) is 0 Å². The van der Waals surface area contributed by atoms with Crippen molar-refractivity contribution in [2.24, 2.45) is 0 Å². The van der Waals surface area contributed by atoms with E-state index >= 15 is 0 Å². The maximum absolute atomic E-state index is 12.1. The lowest BCUT2D eigenvalue weighted by atomic mass is 10.3. The van der Waals surface area contributed by atoms with Gasteiger partial charge in [-0.25, -0.2) is 8.42 Å². The number of hydrogen-bond acceptors (Lipinski definition) is 4. The lowest BCUT2D eigenvalue weighted by molar-refractivity contribution is -0.121. The van der Waals surface area contributed by atoms with Crippen molar-refractivity contribution < 1.29 is 18.3 Å². The van der Waals surface area contributed by atoms with E-state index in [-0.39, 0.29) is 23.1 Å². The number of phenolic OH excluding ortho intramolecular Hbond substituents is 1. The van der Waals surface area contributed by atoms with Gasteiger partial charge in [0.15, 0.2) is 0 Å². The number of nitrogens with one attached hydrogen (secondary N) is 1.